The third-order valence-electron chi connectivity index (χ3n) is 2.64. The first-order valence-electron chi connectivity index (χ1n) is 6.28. The van der Waals surface area contributed by atoms with Crippen LogP contribution in [-0.2, 0) is 4.74 Å². The van der Waals surface area contributed by atoms with Gasteiger partial charge in [0.15, 0.2) is 5.96 Å². The van der Waals surface area contributed by atoms with Gasteiger partial charge in [-0.25, -0.2) is 4.99 Å². The van der Waals surface area contributed by atoms with E-state index in [0.29, 0.717) is 6.54 Å². The van der Waals surface area contributed by atoms with Crippen molar-refractivity contribution in [3.05, 3.63) is 0 Å². The fraction of sp³-hybridized carbons (Fsp3) is 0.769. The lowest BCUT2D eigenvalue weighted by atomic mass is 10.5. The lowest BCUT2D eigenvalue weighted by Gasteiger charge is -2.21. The van der Waals surface area contributed by atoms with Gasteiger partial charge in [-0.05, 0) is 25.7 Å². The molecule has 0 bridgehead atoms. The van der Waals surface area contributed by atoms with Gasteiger partial charge in [0.1, 0.15) is 6.54 Å². The molecule has 0 spiro atoms. The summed E-state index contributed by atoms with van der Waals surface area (Å²) in [4.78, 5) is 6.35. The number of rotatable bonds is 7. The van der Waals surface area contributed by atoms with E-state index in [4.69, 9.17) is 11.2 Å². The van der Waals surface area contributed by atoms with Crippen LogP contribution in [0.1, 0.15) is 19.8 Å². The van der Waals surface area contributed by atoms with Gasteiger partial charge in [0.2, 0.25) is 0 Å². The maximum Gasteiger partial charge on any atom is 0.194 e. The number of aliphatic imine (C=N–C) groups is 1. The minimum absolute atomic E-state index is 0.412. The number of likely N-dealkylation sites (N-methyl/N-ethyl adjacent to an activating group) is 1. The summed E-state index contributed by atoms with van der Waals surface area (Å²) in [7, 11) is 2.00. The van der Waals surface area contributed by atoms with E-state index in [1.54, 1.807) is 0 Å². The molecule has 1 saturated carbocycles. The quantitative estimate of drug-likeness (QED) is 0.310. The van der Waals surface area contributed by atoms with Gasteiger partial charge in [0, 0.05) is 26.7 Å². The van der Waals surface area contributed by atoms with Crippen LogP contribution in [0.4, 0.5) is 0 Å². The number of hydrogen-bond donors (Lipinski definition) is 1. The van der Waals surface area contributed by atoms with Gasteiger partial charge >= 0.3 is 0 Å². The molecular weight excluding hydrogens is 214 g/mol. The third-order valence-corrected chi connectivity index (χ3v) is 2.64. The Hall–Kier alpha value is -1.21. The van der Waals surface area contributed by atoms with Crippen molar-refractivity contribution >= 4 is 5.96 Å². The molecule has 0 aromatic carbocycles. The van der Waals surface area contributed by atoms with Crippen molar-refractivity contribution in [2.45, 2.75) is 19.8 Å². The van der Waals surface area contributed by atoms with Crippen LogP contribution >= 0.6 is 0 Å². The average Bonchev–Trinajstić information content (AvgIpc) is 3.13. The molecule has 4 heteroatoms. The summed E-state index contributed by atoms with van der Waals surface area (Å²) < 4.78 is 5.60. The molecule has 1 rings (SSSR count). The third kappa shape index (κ3) is 6.18. The molecule has 0 heterocycles. The van der Waals surface area contributed by atoms with Crippen molar-refractivity contribution in [1.82, 2.24) is 10.2 Å². The molecule has 0 aromatic heterocycles. The predicted octanol–water partition coefficient (Wildman–Crippen LogP) is 0.943. The topological polar surface area (TPSA) is 36.9 Å². The van der Waals surface area contributed by atoms with Crippen molar-refractivity contribution in [2.75, 3.05) is 39.9 Å². The number of nitrogens with zero attached hydrogens (tertiary/aromatic N) is 2. The highest BCUT2D eigenvalue weighted by Crippen LogP contribution is 2.28. The highest BCUT2D eigenvalue weighted by Gasteiger charge is 2.21. The lowest BCUT2D eigenvalue weighted by molar-refractivity contribution is 0.115. The van der Waals surface area contributed by atoms with Crippen molar-refractivity contribution in [2.24, 2.45) is 10.9 Å². The second-order valence-corrected chi connectivity index (χ2v) is 4.31. The van der Waals surface area contributed by atoms with E-state index in [0.717, 1.165) is 38.2 Å². The molecule has 0 aromatic rings. The number of terminal acetylenes is 1. The van der Waals surface area contributed by atoms with E-state index < -0.39 is 0 Å². The number of nitrogens with one attached hydrogen (secondary N) is 1. The van der Waals surface area contributed by atoms with E-state index in [1.807, 2.05) is 18.9 Å². The normalized spacial score (nSPS) is 15.5. The van der Waals surface area contributed by atoms with Crippen LogP contribution in [0.2, 0.25) is 0 Å². The van der Waals surface area contributed by atoms with Gasteiger partial charge in [0.25, 0.3) is 0 Å². The molecule has 0 atom stereocenters. The molecule has 0 radical (unpaired) electrons. The largest absolute Gasteiger partial charge is 0.379 e. The number of hydrogen-bond acceptors (Lipinski definition) is 2. The molecule has 0 unspecified atom stereocenters. The Bertz CT molecular complexity index is 279. The Morgan fingerprint density at radius 2 is 2.35 bits per heavy atom. The van der Waals surface area contributed by atoms with E-state index >= 15 is 0 Å². The smallest absolute Gasteiger partial charge is 0.194 e. The van der Waals surface area contributed by atoms with Crippen molar-refractivity contribution in [3.8, 4) is 12.3 Å². The Balaban J connectivity index is 2.20. The van der Waals surface area contributed by atoms with Gasteiger partial charge < -0.3 is 15.0 Å². The molecule has 1 N–H and O–H groups in total. The summed E-state index contributed by atoms with van der Waals surface area (Å²) in [6.45, 7) is 5.79. The second kappa shape index (κ2) is 7.97. The van der Waals surface area contributed by atoms with E-state index in [1.165, 1.54) is 12.8 Å². The zero-order chi connectivity index (χ0) is 12.5. The summed E-state index contributed by atoms with van der Waals surface area (Å²) in [6, 6.07) is 0. The molecule has 0 saturated heterocycles. The van der Waals surface area contributed by atoms with E-state index in [9.17, 15) is 0 Å². The van der Waals surface area contributed by atoms with Crippen LogP contribution in [0, 0.1) is 18.3 Å². The predicted molar refractivity (Wildman–Crippen MR) is 71.0 cm³/mol. The summed E-state index contributed by atoms with van der Waals surface area (Å²) in [6.07, 6.45) is 7.88. The van der Waals surface area contributed by atoms with Gasteiger partial charge in [-0.2, -0.15) is 0 Å². The minimum Gasteiger partial charge on any atom is -0.379 e. The zero-order valence-electron chi connectivity index (χ0n) is 10.9. The minimum atomic E-state index is 0.412. The lowest BCUT2D eigenvalue weighted by Crippen LogP contribution is -2.40. The molecule has 96 valence electrons. The van der Waals surface area contributed by atoms with Crippen LogP contribution in [0.15, 0.2) is 4.99 Å². The monoisotopic (exact) mass is 237 g/mol. The van der Waals surface area contributed by atoms with E-state index in [-0.39, 0.29) is 0 Å². The Morgan fingerprint density at radius 1 is 1.59 bits per heavy atom. The van der Waals surface area contributed by atoms with Crippen molar-refractivity contribution in [3.63, 3.8) is 0 Å². The Kier molecular flexibility index (Phi) is 6.49. The number of ether oxygens (including phenoxy) is 1. The zero-order valence-corrected chi connectivity index (χ0v) is 10.9. The molecule has 1 fully saturated rings. The van der Waals surface area contributed by atoms with Crippen LogP contribution in [0.25, 0.3) is 0 Å². The Morgan fingerprint density at radius 3 is 2.94 bits per heavy atom. The highest BCUT2D eigenvalue weighted by molar-refractivity contribution is 5.79. The van der Waals surface area contributed by atoms with Crippen LogP contribution in [-0.4, -0.2) is 50.8 Å². The van der Waals surface area contributed by atoms with Crippen LogP contribution in [0.5, 0.6) is 0 Å². The highest BCUT2D eigenvalue weighted by atomic mass is 16.5. The van der Waals surface area contributed by atoms with Gasteiger partial charge in [-0.15, -0.1) is 6.42 Å². The maximum atomic E-state index is 5.60. The van der Waals surface area contributed by atoms with Crippen molar-refractivity contribution < 1.29 is 4.74 Å². The van der Waals surface area contributed by atoms with Gasteiger partial charge in [0.05, 0.1) is 6.61 Å². The van der Waals surface area contributed by atoms with E-state index in [2.05, 4.69) is 16.2 Å². The average molecular weight is 237 g/mol. The second-order valence-electron chi connectivity index (χ2n) is 4.31. The molecule has 0 aliphatic heterocycles. The first-order valence-corrected chi connectivity index (χ1v) is 6.28. The van der Waals surface area contributed by atoms with Crippen LogP contribution < -0.4 is 5.32 Å². The fourth-order valence-electron chi connectivity index (χ4n) is 1.43. The summed E-state index contributed by atoms with van der Waals surface area (Å²) >= 11 is 0. The summed E-state index contributed by atoms with van der Waals surface area (Å²) in [5.74, 6) is 4.19. The molecular formula is C13H23N3O. The van der Waals surface area contributed by atoms with Gasteiger partial charge in [-0.3, -0.25) is 0 Å². The first kappa shape index (κ1) is 13.9. The summed E-state index contributed by atoms with van der Waals surface area (Å²) in [5, 5.41) is 3.20. The first-order chi connectivity index (χ1) is 8.27. The molecule has 0 amide bonds. The standard InChI is InChI=1S/C13H23N3O/c1-4-8-15-13(14-5-2)16(3)9-10-17-11-12-6-7-12/h1,12H,5-11H2,2-3H3,(H,14,15). The number of guanidine groups is 1. The van der Waals surface area contributed by atoms with Crippen molar-refractivity contribution in [1.29, 1.82) is 0 Å². The molecule has 17 heavy (non-hydrogen) atoms. The molecule has 1 aliphatic carbocycles. The van der Waals surface area contributed by atoms with Crippen LogP contribution in [0.3, 0.4) is 0 Å². The fourth-order valence-corrected chi connectivity index (χ4v) is 1.43. The maximum absolute atomic E-state index is 5.60. The molecule has 4 nitrogen and oxygen atoms in total. The summed E-state index contributed by atoms with van der Waals surface area (Å²) in [5.41, 5.74) is 0. The SMILES string of the molecule is C#CCN=C(NCC)N(C)CCOCC1CC1. The molecule has 1 aliphatic rings. The Labute approximate surface area is 104 Å². The van der Waals surface area contributed by atoms with Gasteiger partial charge in [-0.1, -0.05) is 5.92 Å².